The summed E-state index contributed by atoms with van der Waals surface area (Å²) in [6, 6.07) is 2.09. The highest BCUT2D eigenvalue weighted by Gasteiger charge is 2.09. The SMILES string of the molecule is Cc1cc(C)c2c(n1)CN=C2. The molecule has 2 heteroatoms. The highest BCUT2D eigenvalue weighted by molar-refractivity contribution is 5.85. The van der Waals surface area contributed by atoms with Crippen LogP contribution >= 0.6 is 0 Å². The van der Waals surface area contributed by atoms with Crippen molar-refractivity contribution in [1.29, 1.82) is 0 Å². The van der Waals surface area contributed by atoms with E-state index >= 15 is 0 Å². The normalized spacial score (nSPS) is 13.6. The standard InChI is InChI=1S/C9H10N2/c1-6-3-7(2)11-9-5-10-4-8(6)9/h3-4H,5H2,1-2H3. The molecule has 1 aliphatic rings. The van der Waals surface area contributed by atoms with Crippen LogP contribution in [0.2, 0.25) is 0 Å². The number of nitrogens with zero attached hydrogens (tertiary/aromatic N) is 2. The maximum atomic E-state index is 4.39. The molecule has 1 aromatic heterocycles. The fourth-order valence-corrected chi connectivity index (χ4v) is 1.44. The molecule has 11 heavy (non-hydrogen) atoms. The molecule has 0 N–H and O–H groups in total. The predicted molar refractivity (Wildman–Crippen MR) is 45.0 cm³/mol. The Morgan fingerprint density at radius 2 is 2.18 bits per heavy atom. The van der Waals surface area contributed by atoms with Gasteiger partial charge in [0.25, 0.3) is 0 Å². The van der Waals surface area contributed by atoms with Gasteiger partial charge in [-0.05, 0) is 25.5 Å². The Morgan fingerprint density at radius 1 is 1.36 bits per heavy atom. The molecule has 0 radical (unpaired) electrons. The van der Waals surface area contributed by atoms with Gasteiger partial charge in [0.2, 0.25) is 0 Å². The molecule has 0 aromatic carbocycles. The molecular weight excluding hydrogens is 136 g/mol. The second kappa shape index (κ2) is 2.16. The lowest BCUT2D eigenvalue weighted by Crippen LogP contribution is -1.95. The van der Waals surface area contributed by atoms with Gasteiger partial charge in [-0.1, -0.05) is 0 Å². The first-order chi connectivity index (χ1) is 5.27. The van der Waals surface area contributed by atoms with Gasteiger partial charge in [-0.15, -0.1) is 0 Å². The van der Waals surface area contributed by atoms with Gasteiger partial charge in [0.15, 0.2) is 0 Å². The van der Waals surface area contributed by atoms with Crippen molar-refractivity contribution in [2.75, 3.05) is 0 Å². The maximum absolute atomic E-state index is 4.39. The molecule has 56 valence electrons. The van der Waals surface area contributed by atoms with Crippen molar-refractivity contribution in [3.63, 3.8) is 0 Å². The number of aliphatic imine (C=N–C) groups is 1. The molecule has 0 amide bonds. The summed E-state index contributed by atoms with van der Waals surface area (Å²) in [7, 11) is 0. The van der Waals surface area contributed by atoms with Crippen LogP contribution < -0.4 is 0 Å². The quantitative estimate of drug-likeness (QED) is 0.546. The van der Waals surface area contributed by atoms with E-state index in [4.69, 9.17) is 0 Å². The maximum Gasteiger partial charge on any atom is 0.0818 e. The zero-order chi connectivity index (χ0) is 7.84. The van der Waals surface area contributed by atoms with Gasteiger partial charge in [-0.25, -0.2) is 0 Å². The number of aromatic nitrogens is 1. The fraction of sp³-hybridized carbons (Fsp3) is 0.333. The van der Waals surface area contributed by atoms with Gasteiger partial charge < -0.3 is 0 Å². The molecule has 0 saturated carbocycles. The van der Waals surface area contributed by atoms with E-state index in [1.54, 1.807) is 0 Å². The summed E-state index contributed by atoms with van der Waals surface area (Å²) < 4.78 is 0. The summed E-state index contributed by atoms with van der Waals surface area (Å²) in [4.78, 5) is 8.56. The molecule has 0 saturated heterocycles. The molecular formula is C9H10N2. The molecule has 2 nitrogen and oxygen atoms in total. The summed E-state index contributed by atoms with van der Waals surface area (Å²) >= 11 is 0. The van der Waals surface area contributed by atoms with E-state index in [1.165, 1.54) is 11.1 Å². The first-order valence-electron chi connectivity index (χ1n) is 3.74. The van der Waals surface area contributed by atoms with Crippen molar-refractivity contribution in [3.05, 3.63) is 28.6 Å². The minimum Gasteiger partial charge on any atom is -0.286 e. The second-order valence-corrected chi connectivity index (χ2v) is 2.91. The Kier molecular flexibility index (Phi) is 1.28. The summed E-state index contributed by atoms with van der Waals surface area (Å²) in [6.45, 7) is 4.88. The lowest BCUT2D eigenvalue weighted by Gasteiger charge is -2.01. The minimum absolute atomic E-state index is 0.762. The van der Waals surface area contributed by atoms with E-state index in [2.05, 4.69) is 23.0 Å². The van der Waals surface area contributed by atoms with Gasteiger partial charge in [0, 0.05) is 17.5 Å². The fourth-order valence-electron chi connectivity index (χ4n) is 1.44. The summed E-state index contributed by atoms with van der Waals surface area (Å²) in [5, 5.41) is 0. The molecule has 0 fully saturated rings. The number of aryl methyl sites for hydroxylation is 2. The van der Waals surface area contributed by atoms with Gasteiger partial charge >= 0.3 is 0 Å². The second-order valence-electron chi connectivity index (χ2n) is 2.91. The third-order valence-electron chi connectivity index (χ3n) is 1.93. The highest BCUT2D eigenvalue weighted by atomic mass is 14.8. The first-order valence-corrected chi connectivity index (χ1v) is 3.74. The zero-order valence-electron chi connectivity index (χ0n) is 6.76. The Labute approximate surface area is 66.0 Å². The molecule has 1 aromatic rings. The van der Waals surface area contributed by atoms with Gasteiger partial charge in [0.1, 0.15) is 0 Å². The van der Waals surface area contributed by atoms with E-state index < -0.39 is 0 Å². The van der Waals surface area contributed by atoms with E-state index in [1.807, 2.05) is 13.1 Å². The van der Waals surface area contributed by atoms with Crippen molar-refractivity contribution in [2.24, 2.45) is 4.99 Å². The van der Waals surface area contributed by atoms with Crippen molar-refractivity contribution >= 4 is 6.21 Å². The van der Waals surface area contributed by atoms with Crippen LogP contribution in [0.25, 0.3) is 0 Å². The lowest BCUT2D eigenvalue weighted by atomic mass is 10.1. The molecule has 0 bridgehead atoms. The first kappa shape index (κ1) is 6.53. The average molecular weight is 146 g/mol. The summed E-state index contributed by atoms with van der Waals surface area (Å²) in [5.74, 6) is 0. The van der Waals surface area contributed by atoms with Crippen LogP contribution in [0.4, 0.5) is 0 Å². The Balaban J connectivity index is 2.67. The number of rotatable bonds is 0. The van der Waals surface area contributed by atoms with Crippen molar-refractivity contribution < 1.29 is 0 Å². The van der Waals surface area contributed by atoms with Crippen LogP contribution in [0, 0.1) is 13.8 Å². The lowest BCUT2D eigenvalue weighted by molar-refractivity contribution is 0.992. The van der Waals surface area contributed by atoms with Crippen LogP contribution in [-0.4, -0.2) is 11.2 Å². The Bertz CT molecular complexity index is 327. The van der Waals surface area contributed by atoms with E-state index in [-0.39, 0.29) is 0 Å². The molecule has 1 aliphatic heterocycles. The summed E-state index contributed by atoms with van der Waals surface area (Å²) in [6.07, 6.45) is 1.91. The minimum atomic E-state index is 0.762. The third kappa shape index (κ3) is 0.946. The number of pyridine rings is 1. The molecule has 2 rings (SSSR count). The van der Waals surface area contributed by atoms with E-state index in [9.17, 15) is 0 Å². The number of hydrogen-bond acceptors (Lipinski definition) is 2. The molecule has 0 atom stereocenters. The molecule has 0 spiro atoms. The number of hydrogen-bond donors (Lipinski definition) is 0. The van der Waals surface area contributed by atoms with E-state index in [0.717, 1.165) is 17.9 Å². The average Bonchev–Trinajstić information content (AvgIpc) is 2.34. The Hall–Kier alpha value is -1.18. The largest absolute Gasteiger partial charge is 0.286 e. The third-order valence-corrected chi connectivity index (χ3v) is 1.93. The predicted octanol–water partition coefficient (Wildman–Crippen LogP) is 1.63. The Morgan fingerprint density at radius 3 is 3.00 bits per heavy atom. The van der Waals surface area contributed by atoms with E-state index in [0.29, 0.717) is 0 Å². The molecule has 0 unspecified atom stereocenters. The topological polar surface area (TPSA) is 25.2 Å². The van der Waals surface area contributed by atoms with Gasteiger partial charge in [-0.2, -0.15) is 0 Å². The van der Waals surface area contributed by atoms with Gasteiger partial charge in [0.05, 0.1) is 12.2 Å². The van der Waals surface area contributed by atoms with Crippen molar-refractivity contribution in [3.8, 4) is 0 Å². The van der Waals surface area contributed by atoms with Crippen LogP contribution in [0.15, 0.2) is 11.1 Å². The van der Waals surface area contributed by atoms with Crippen LogP contribution in [-0.2, 0) is 6.54 Å². The van der Waals surface area contributed by atoms with Crippen molar-refractivity contribution in [1.82, 2.24) is 4.98 Å². The van der Waals surface area contributed by atoms with Crippen LogP contribution in [0.1, 0.15) is 22.5 Å². The molecule has 2 heterocycles. The molecule has 0 aliphatic carbocycles. The van der Waals surface area contributed by atoms with Crippen LogP contribution in [0.5, 0.6) is 0 Å². The van der Waals surface area contributed by atoms with Gasteiger partial charge in [-0.3, -0.25) is 9.98 Å². The zero-order valence-corrected chi connectivity index (χ0v) is 6.76. The smallest absolute Gasteiger partial charge is 0.0818 e. The number of fused-ring (bicyclic) bond motifs is 1. The van der Waals surface area contributed by atoms with Crippen molar-refractivity contribution in [2.45, 2.75) is 20.4 Å². The highest BCUT2D eigenvalue weighted by Crippen LogP contribution is 2.16. The van der Waals surface area contributed by atoms with Crippen LogP contribution in [0.3, 0.4) is 0 Å². The summed E-state index contributed by atoms with van der Waals surface area (Å²) in [5.41, 5.74) is 4.72. The monoisotopic (exact) mass is 146 g/mol.